The molecule has 0 aromatic carbocycles. The van der Waals surface area contributed by atoms with Gasteiger partial charge in [-0.1, -0.05) is 0 Å². The molecule has 0 aliphatic carbocycles. The zero-order valence-corrected chi connectivity index (χ0v) is 13.2. The second-order valence-electron chi connectivity index (χ2n) is 6.35. The first-order chi connectivity index (χ1) is 9.57. The van der Waals surface area contributed by atoms with E-state index in [1.165, 1.54) is 0 Å². The van der Waals surface area contributed by atoms with Gasteiger partial charge in [-0.25, -0.2) is 0 Å². The lowest BCUT2D eigenvalue weighted by atomic mass is 9.96. The normalized spacial score (nSPS) is 34.0. The SMILES string of the molecule is CC(CC1(C)CNCC(C)O1)OCCN1CCOCC1. The van der Waals surface area contributed by atoms with Crippen LogP contribution in [0.5, 0.6) is 0 Å². The van der Waals surface area contributed by atoms with Crippen molar-refractivity contribution in [3.05, 3.63) is 0 Å². The first kappa shape index (κ1) is 16.2. The van der Waals surface area contributed by atoms with E-state index in [0.717, 1.165) is 59.0 Å². The molecule has 3 unspecified atom stereocenters. The maximum atomic E-state index is 6.07. The molecule has 2 fully saturated rings. The minimum Gasteiger partial charge on any atom is -0.379 e. The smallest absolute Gasteiger partial charge is 0.0807 e. The van der Waals surface area contributed by atoms with Crippen LogP contribution in [0.3, 0.4) is 0 Å². The van der Waals surface area contributed by atoms with E-state index in [4.69, 9.17) is 14.2 Å². The Kier molecular flexibility index (Phi) is 6.23. The van der Waals surface area contributed by atoms with E-state index < -0.39 is 0 Å². The van der Waals surface area contributed by atoms with Gasteiger partial charge in [0.2, 0.25) is 0 Å². The molecule has 0 radical (unpaired) electrons. The lowest BCUT2D eigenvalue weighted by Crippen LogP contribution is -2.52. The molecule has 0 aromatic rings. The monoisotopic (exact) mass is 286 g/mol. The summed E-state index contributed by atoms with van der Waals surface area (Å²) < 4.78 is 17.4. The fourth-order valence-corrected chi connectivity index (χ4v) is 3.10. The van der Waals surface area contributed by atoms with Crippen LogP contribution in [0.1, 0.15) is 27.2 Å². The van der Waals surface area contributed by atoms with Crippen LogP contribution >= 0.6 is 0 Å². The molecule has 3 atom stereocenters. The van der Waals surface area contributed by atoms with Crippen LogP contribution in [0.2, 0.25) is 0 Å². The average Bonchev–Trinajstić information content (AvgIpc) is 2.39. The molecule has 0 bridgehead atoms. The fourth-order valence-electron chi connectivity index (χ4n) is 3.10. The van der Waals surface area contributed by atoms with Crippen molar-refractivity contribution >= 4 is 0 Å². The first-order valence-electron chi connectivity index (χ1n) is 7.88. The minimum atomic E-state index is -0.101. The van der Waals surface area contributed by atoms with Crippen molar-refractivity contribution in [3.63, 3.8) is 0 Å². The zero-order valence-electron chi connectivity index (χ0n) is 13.2. The van der Waals surface area contributed by atoms with Gasteiger partial charge in [-0.2, -0.15) is 0 Å². The molecule has 1 N–H and O–H groups in total. The van der Waals surface area contributed by atoms with Crippen molar-refractivity contribution in [2.75, 3.05) is 52.5 Å². The summed E-state index contributed by atoms with van der Waals surface area (Å²) in [5.41, 5.74) is -0.101. The Hall–Kier alpha value is -0.200. The number of morpholine rings is 2. The van der Waals surface area contributed by atoms with Gasteiger partial charge in [-0.3, -0.25) is 4.90 Å². The van der Waals surface area contributed by atoms with E-state index in [0.29, 0.717) is 0 Å². The number of hydrogen-bond acceptors (Lipinski definition) is 5. The van der Waals surface area contributed by atoms with E-state index in [-0.39, 0.29) is 17.8 Å². The van der Waals surface area contributed by atoms with Gasteiger partial charge in [0.05, 0.1) is 37.6 Å². The second-order valence-corrected chi connectivity index (χ2v) is 6.35. The molecule has 5 nitrogen and oxygen atoms in total. The highest BCUT2D eigenvalue weighted by Gasteiger charge is 2.32. The Bertz CT molecular complexity index is 284. The van der Waals surface area contributed by atoms with Crippen LogP contribution in [0, 0.1) is 0 Å². The van der Waals surface area contributed by atoms with Crippen LogP contribution in [-0.2, 0) is 14.2 Å². The lowest BCUT2D eigenvalue weighted by molar-refractivity contribution is -0.122. The van der Waals surface area contributed by atoms with Crippen LogP contribution in [0.25, 0.3) is 0 Å². The van der Waals surface area contributed by atoms with Crippen molar-refractivity contribution in [2.24, 2.45) is 0 Å². The predicted octanol–water partition coefficient (Wildman–Crippen LogP) is 0.881. The number of hydrogen-bond donors (Lipinski definition) is 1. The fraction of sp³-hybridized carbons (Fsp3) is 1.00. The average molecular weight is 286 g/mol. The molecule has 2 rings (SSSR count). The summed E-state index contributed by atoms with van der Waals surface area (Å²) in [5, 5.41) is 3.44. The third kappa shape index (κ3) is 5.30. The molecule has 2 aliphatic rings. The maximum absolute atomic E-state index is 6.07. The molecule has 20 heavy (non-hydrogen) atoms. The van der Waals surface area contributed by atoms with Gasteiger partial charge in [0.1, 0.15) is 0 Å². The maximum Gasteiger partial charge on any atom is 0.0807 e. The van der Waals surface area contributed by atoms with Crippen molar-refractivity contribution < 1.29 is 14.2 Å². The molecule has 118 valence electrons. The largest absolute Gasteiger partial charge is 0.379 e. The Balaban J connectivity index is 1.62. The van der Waals surface area contributed by atoms with Gasteiger partial charge >= 0.3 is 0 Å². The third-order valence-corrected chi connectivity index (χ3v) is 4.05. The summed E-state index contributed by atoms with van der Waals surface area (Å²) in [6.45, 7) is 13.9. The summed E-state index contributed by atoms with van der Waals surface area (Å²) in [6, 6.07) is 0. The van der Waals surface area contributed by atoms with E-state index in [1.807, 2.05) is 0 Å². The third-order valence-electron chi connectivity index (χ3n) is 4.05. The molecule has 0 saturated carbocycles. The Morgan fingerprint density at radius 2 is 2.15 bits per heavy atom. The van der Waals surface area contributed by atoms with E-state index in [9.17, 15) is 0 Å². The zero-order chi connectivity index (χ0) is 14.4. The van der Waals surface area contributed by atoms with E-state index >= 15 is 0 Å². The quantitative estimate of drug-likeness (QED) is 0.785. The summed E-state index contributed by atoms with van der Waals surface area (Å²) >= 11 is 0. The summed E-state index contributed by atoms with van der Waals surface area (Å²) in [5.74, 6) is 0. The van der Waals surface area contributed by atoms with Gasteiger partial charge in [-0.05, 0) is 20.8 Å². The highest BCUT2D eigenvalue weighted by molar-refractivity contribution is 4.86. The van der Waals surface area contributed by atoms with Gasteiger partial charge in [-0.15, -0.1) is 0 Å². The molecule has 0 spiro atoms. The number of ether oxygens (including phenoxy) is 3. The molecule has 5 heteroatoms. The van der Waals surface area contributed by atoms with Crippen LogP contribution in [0.4, 0.5) is 0 Å². The molecule has 2 aliphatic heterocycles. The van der Waals surface area contributed by atoms with Crippen molar-refractivity contribution in [3.8, 4) is 0 Å². The molecule has 2 saturated heterocycles. The summed E-state index contributed by atoms with van der Waals surface area (Å²) in [7, 11) is 0. The van der Waals surface area contributed by atoms with E-state index in [2.05, 4.69) is 31.0 Å². The first-order valence-corrected chi connectivity index (χ1v) is 7.88. The predicted molar refractivity (Wildman–Crippen MR) is 79.1 cm³/mol. The van der Waals surface area contributed by atoms with Crippen molar-refractivity contribution in [2.45, 2.75) is 45.0 Å². The second kappa shape index (κ2) is 7.71. The van der Waals surface area contributed by atoms with Crippen molar-refractivity contribution in [1.29, 1.82) is 0 Å². The topological polar surface area (TPSA) is 43.0 Å². The standard InChI is InChI=1S/C15H30N2O3/c1-13(10-15(3)12-16-11-14(2)20-15)19-9-6-17-4-7-18-8-5-17/h13-14,16H,4-12H2,1-3H3. The minimum absolute atomic E-state index is 0.101. The molecule has 0 aromatic heterocycles. The Labute approximate surface area is 122 Å². The van der Waals surface area contributed by atoms with Crippen molar-refractivity contribution in [1.82, 2.24) is 10.2 Å². The van der Waals surface area contributed by atoms with Crippen LogP contribution in [0.15, 0.2) is 0 Å². The number of rotatable bonds is 6. The number of nitrogens with one attached hydrogen (secondary N) is 1. The van der Waals surface area contributed by atoms with Gasteiger partial charge in [0, 0.05) is 39.1 Å². The lowest BCUT2D eigenvalue weighted by Gasteiger charge is -2.39. The van der Waals surface area contributed by atoms with Gasteiger partial charge in [0.25, 0.3) is 0 Å². The van der Waals surface area contributed by atoms with Crippen LogP contribution < -0.4 is 5.32 Å². The van der Waals surface area contributed by atoms with Gasteiger partial charge < -0.3 is 19.5 Å². The molecule has 2 heterocycles. The molecule has 0 amide bonds. The molecular formula is C15H30N2O3. The Morgan fingerprint density at radius 3 is 2.85 bits per heavy atom. The van der Waals surface area contributed by atoms with E-state index in [1.54, 1.807) is 0 Å². The molecular weight excluding hydrogens is 256 g/mol. The summed E-state index contributed by atoms with van der Waals surface area (Å²) in [4.78, 5) is 2.40. The summed E-state index contributed by atoms with van der Waals surface area (Å²) in [6.07, 6.45) is 1.45. The Morgan fingerprint density at radius 1 is 1.40 bits per heavy atom. The highest BCUT2D eigenvalue weighted by Crippen LogP contribution is 2.23. The van der Waals surface area contributed by atoms with Gasteiger partial charge in [0.15, 0.2) is 0 Å². The number of nitrogens with zero attached hydrogens (tertiary/aromatic N) is 1. The highest BCUT2D eigenvalue weighted by atomic mass is 16.5. The van der Waals surface area contributed by atoms with Crippen LogP contribution in [-0.4, -0.2) is 75.3 Å².